The number of anilines is 2. The molecule has 1 amide bonds. The molecule has 2 aliphatic heterocycles. The highest BCUT2D eigenvalue weighted by Crippen LogP contribution is 2.30. The molecule has 2 N–H and O–H groups in total. The zero-order valence-electron chi connectivity index (χ0n) is 10.5. The standard InChI is InChI=1S/C12H17N5O/c1-8-14-11(13)9-6-10(18)17(12(9)15-8)7-16-4-2-3-5-16/h2-7H2,1H3,(H2,13,14,15). The molecular formula is C12H17N5O. The smallest absolute Gasteiger partial charge is 0.233 e. The van der Waals surface area contributed by atoms with E-state index in [2.05, 4.69) is 14.9 Å². The number of nitrogens with zero attached hydrogens (tertiary/aromatic N) is 4. The van der Waals surface area contributed by atoms with Crippen molar-refractivity contribution in [2.24, 2.45) is 0 Å². The van der Waals surface area contributed by atoms with Gasteiger partial charge in [-0.15, -0.1) is 0 Å². The van der Waals surface area contributed by atoms with Gasteiger partial charge in [0.1, 0.15) is 17.5 Å². The molecule has 3 rings (SSSR count). The Morgan fingerprint density at radius 2 is 2.00 bits per heavy atom. The summed E-state index contributed by atoms with van der Waals surface area (Å²) in [4.78, 5) is 24.6. The summed E-state index contributed by atoms with van der Waals surface area (Å²) in [5.41, 5.74) is 6.64. The number of aromatic nitrogens is 2. The summed E-state index contributed by atoms with van der Waals surface area (Å²) < 4.78 is 0. The largest absolute Gasteiger partial charge is 0.383 e. The first kappa shape index (κ1) is 11.4. The van der Waals surface area contributed by atoms with Gasteiger partial charge in [0.25, 0.3) is 0 Å². The second-order valence-electron chi connectivity index (χ2n) is 4.92. The fourth-order valence-corrected chi connectivity index (χ4v) is 2.63. The maximum Gasteiger partial charge on any atom is 0.233 e. The average Bonchev–Trinajstić information content (AvgIpc) is 2.91. The van der Waals surface area contributed by atoms with Gasteiger partial charge in [-0.1, -0.05) is 0 Å². The van der Waals surface area contributed by atoms with E-state index in [9.17, 15) is 4.79 Å². The number of nitrogen functional groups attached to an aromatic ring is 1. The van der Waals surface area contributed by atoms with Crippen LogP contribution in [-0.2, 0) is 11.2 Å². The molecule has 0 unspecified atom stereocenters. The molecule has 6 heteroatoms. The Hall–Kier alpha value is -1.69. The first-order valence-electron chi connectivity index (χ1n) is 6.31. The number of carbonyl (C=O) groups excluding carboxylic acids is 1. The normalized spacial score (nSPS) is 19.6. The number of amides is 1. The van der Waals surface area contributed by atoms with Crippen LogP contribution in [0.15, 0.2) is 0 Å². The van der Waals surface area contributed by atoms with Gasteiger partial charge in [-0.25, -0.2) is 9.97 Å². The minimum absolute atomic E-state index is 0.0727. The van der Waals surface area contributed by atoms with Crippen LogP contribution in [0.1, 0.15) is 24.2 Å². The number of fused-ring (bicyclic) bond motifs is 1. The zero-order valence-corrected chi connectivity index (χ0v) is 10.5. The molecule has 1 aromatic rings. The minimum Gasteiger partial charge on any atom is -0.383 e. The predicted molar refractivity (Wildman–Crippen MR) is 68.0 cm³/mol. The van der Waals surface area contributed by atoms with Crippen LogP contribution in [0.5, 0.6) is 0 Å². The monoisotopic (exact) mass is 247 g/mol. The molecule has 18 heavy (non-hydrogen) atoms. The fourth-order valence-electron chi connectivity index (χ4n) is 2.63. The summed E-state index contributed by atoms with van der Waals surface area (Å²) in [6.07, 6.45) is 2.74. The van der Waals surface area contributed by atoms with Gasteiger partial charge in [-0.3, -0.25) is 14.6 Å². The molecule has 1 fully saturated rings. The van der Waals surface area contributed by atoms with Crippen LogP contribution < -0.4 is 10.6 Å². The average molecular weight is 247 g/mol. The van der Waals surface area contributed by atoms with Crippen LogP contribution in [0, 0.1) is 6.92 Å². The molecule has 1 aromatic heterocycles. The van der Waals surface area contributed by atoms with Crippen LogP contribution in [0.25, 0.3) is 0 Å². The highest BCUT2D eigenvalue weighted by Gasteiger charge is 2.32. The second-order valence-corrected chi connectivity index (χ2v) is 4.92. The van der Waals surface area contributed by atoms with Crippen molar-refractivity contribution in [2.75, 3.05) is 30.4 Å². The SMILES string of the molecule is Cc1nc(N)c2c(n1)N(CN1CCCC1)C(=O)C2. The number of carbonyl (C=O) groups is 1. The second kappa shape index (κ2) is 4.20. The van der Waals surface area contributed by atoms with Crippen molar-refractivity contribution in [1.29, 1.82) is 0 Å². The molecule has 6 nitrogen and oxygen atoms in total. The first-order chi connectivity index (χ1) is 8.65. The number of likely N-dealkylation sites (tertiary alicyclic amines) is 1. The predicted octanol–water partition coefficient (Wildman–Crippen LogP) is 0.310. The van der Waals surface area contributed by atoms with Crippen molar-refractivity contribution < 1.29 is 4.79 Å². The van der Waals surface area contributed by atoms with Crippen molar-refractivity contribution in [1.82, 2.24) is 14.9 Å². The van der Waals surface area contributed by atoms with Crippen molar-refractivity contribution in [3.63, 3.8) is 0 Å². The van der Waals surface area contributed by atoms with Crippen molar-refractivity contribution in [3.8, 4) is 0 Å². The van der Waals surface area contributed by atoms with Crippen LogP contribution in [-0.4, -0.2) is 40.5 Å². The topological polar surface area (TPSA) is 75.3 Å². The molecule has 0 atom stereocenters. The summed E-state index contributed by atoms with van der Waals surface area (Å²) in [5.74, 6) is 1.84. The van der Waals surface area contributed by atoms with Gasteiger partial charge in [-0.05, 0) is 32.9 Å². The summed E-state index contributed by atoms with van der Waals surface area (Å²) in [6.45, 7) is 4.53. The van der Waals surface area contributed by atoms with Gasteiger partial charge < -0.3 is 5.73 Å². The summed E-state index contributed by atoms with van der Waals surface area (Å²) in [7, 11) is 0. The molecule has 0 spiro atoms. The number of nitrogens with two attached hydrogens (primary N) is 1. The lowest BCUT2D eigenvalue weighted by molar-refractivity contribution is -0.117. The molecule has 2 aliphatic rings. The summed E-state index contributed by atoms with van der Waals surface area (Å²) in [5, 5.41) is 0. The van der Waals surface area contributed by atoms with Crippen molar-refractivity contribution in [3.05, 3.63) is 11.4 Å². The molecule has 96 valence electrons. The third-order valence-electron chi connectivity index (χ3n) is 3.55. The van der Waals surface area contributed by atoms with E-state index in [-0.39, 0.29) is 5.91 Å². The molecule has 1 saturated heterocycles. The van der Waals surface area contributed by atoms with Gasteiger partial charge in [-0.2, -0.15) is 0 Å². The Bertz CT molecular complexity index is 495. The number of hydrogen-bond acceptors (Lipinski definition) is 5. The number of aryl methyl sites for hydroxylation is 1. The van der Waals surface area contributed by atoms with E-state index in [0.717, 1.165) is 18.7 Å². The molecule has 0 saturated carbocycles. The third kappa shape index (κ3) is 1.82. The number of hydrogen-bond donors (Lipinski definition) is 1. The lowest BCUT2D eigenvalue weighted by Gasteiger charge is -2.23. The van der Waals surface area contributed by atoms with Crippen LogP contribution >= 0.6 is 0 Å². The molecule has 0 bridgehead atoms. The highest BCUT2D eigenvalue weighted by molar-refractivity contribution is 6.01. The van der Waals surface area contributed by atoms with Gasteiger partial charge in [0.2, 0.25) is 5.91 Å². The van der Waals surface area contributed by atoms with E-state index >= 15 is 0 Å². The van der Waals surface area contributed by atoms with Crippen LogP contribution in [0.3, 0.4) is 0 Å². The van der Waals surface area contributed by atoms with Crippen LogP contribution in [0.2, 0.25) is 0 Å². The van der Waals surface area contributed by atoms with Gasteiger partial charge in [0.05, 0.1) is 13.1 Å². The molecule has 0 aliphatic carbocycles. The van der Waals surface area contributed by atoms with Crippen molar-refractivity contribution in [2.45, 2.75) is 26.2 Å². The summed E-state index contributed by atoms with van der Waals surface area (Å²) >= 11 is 0. The van der Waals surface area contributed by atoms with E-state index < -0.39 is 0 Å². The van der Waals surface area contributed by atoms with Gasteiger partial charge in [0.15, 0.2) is 0 Å². The molecule has 0 radical (unpaired) electrons. The fraction of sp³-hybridized carbons (Fsp3) is 0.583. The highest BCUT2D eigenvalue weighted by atomic mass is 16.2. The first-order valence-corrected chi connectivity index (χ1v) is 6.31. The Kier molecular flexibility index (Phi) is 2.66. The van der Waals surface area contributed by atoms with Crippen LogP contribution in [0.4, 0.5) is 11.6 Å². The molecule has 0 aromatic carbocycles. The zero-order chi connectivity index (χ0) is 12.7. The Morgan fingerprint density at radius 1 is 1.28 bits per heavy atom. The third-order valence-corrected chi connectivity index (χ3v) is 3.55. The Morgan fingerprint density at radius 3 is 2.72 bits per heavy atom. The quantitative estimate of drug-likeness (QED) is 0.814. The Balaban J connectivity index is 1.90. The van der Waals surface area contributed by atoms with Gasteiger partial charge >= 0.3 is 0 Å². The van der Waals surface area contributed by atoms with Crippen molar-refractivity contribution >= 4 is 17.5 Å². The minimum atomic E-state index is 0.0727. The van der Waals surface area contributed by atoms with E-state index in [1.54, 1.807) is 11.8 Å². The summed E-state index contributed by atoms with van der Waals surface area (Å²) in [6, 6.07) is 0. The lowest BCUT2D eigenvalue weighted by atomic mass is 10.2. The number of rotatable bonds is 2. The van der Waals surface area contributed by atoms with E-state index in [1.165, 1.54) is 12.8 Å². The maximum absolute atomic E-state index is 12.1. The molecule has 3 heterocycles. The van der Waals surface area contributed by atoms with E-state index in [0.29, 0.717) is 30.5 Å². The van der Waals surface area contributed by atoms with E-state index in [4.69, 9.17) is 5.73 Å². The lowest BCUT2D eigenvalue weighted by Crippen LogP contribution is -2.38. The molecular weight excluding hydrogens is 230 g/mol. The van der Waals surface area contributed by atoms with E-state index in [1.807, 2.05) is 0 Å². The Labute approximate surface area is 106 Å². The maximum atomic E-state index is 12.1. The van der Waals surface area contributed by atoms with Gasteiger partial charge in [0, 0.05) is 5.56 Å².